The molecular formula is C27H23Cl2FN2O5S. The number of carbonyl (C=O) groups is 1. The van der Waals surface area contributed by atoms with Crippen molar-refractivity contribution in [3.8, 4) is 11.5 Å². The fourth-order valence-corrected chi connectivity index (χ4v) is 5.76. The Balaban J connectivity index is 1.80. The molecule has 4 rings (SSSR count). The van der Waals surface area contributed by atoms with Crippen molar-refractivity contribution < 1.29 is 28.5 Å². The molecule has 0 fully saturated rings. The van der Waals surface area contributed by atoms with Gasteiger partial charge in [-0.05, 0) is 47.9 Å². The van der Waals surface area contributed by atoms with Gasteiger partial charge in [-0.2, -0.15) is 4.73 Å². The summed E-state index contributed by atoms with van der Waals surface area (Å²) in [4.78, 5) is 13.2. The van der Waals surface area contributed by atoms with Crippen LogP contribution in [0.4, 0.5) is 10.1 Å². The van der Waals surface area contributed by atoms with Gasteiger partial charge in [-0.3, -0.25) is 0 Å². The lowest BCUT2D eigenvalue weighted by Gasteiger charge is -2.20. The molecule has 0 aliphatic carbocycles. The van der Waals surface area contributed by atoms with Crippen molar-refractivity contribution in [1.29, 1.82) is 0 Å². The molecule has 0 radical (unpaired) electrons. The van der Waals surface area contributed by atoms with Gasteiger partial charge in [0.25, 0.3) is 0 Å². The van der Waals surface area contributed by atoms with Crippen molar-refractivity contribution in [2.45, 2.75) is 18.9 Å². The van der Waals surface area contributed by atoms with Crippen molar-refractivity contribution in [2.75, 3.05) is 19.5 Å². The van der Waals surface area contributed by atoms with E-state index in [4.69, 9.17) is 32.7 Å². The van der Waals surface area contributed by atoms with Crippen molar-refractivity contribution in [1.82, 2.24) is 0 Å². The van der Waals surface area contributed by atoms with Gasteiger partial charge < -0.3 is 25.1 Å². The predicted molar refractivity (Wildman–Crippen MR) is 146 cm³/mol. The van der Waals surface area contributed by atoms with Crippen LogP contribution >= 0.6 is 34.5 Å². The minimum atomic E-state index is -1.10. The number of nitrogens with zero attached hydrogens (tertiary/aromatic N) is 1. The Labute approximate surface area is 232 Å². The van der Waals surface area contributed by atoms with Gasteiger partial charge in [0.15, 0.2) is 23.9 Å². The van der Waals surface area contributed by atoms with Gasteiger partial charge in [0.05, 0.1) is 19.9 Å². The van der Waals surface area contributed by atoms with E-state index in [1.165, 1.54) is 32.7 Å². The summed E-state index contributed by atoms with van der Waals surface area (Å²) in [6.07, 6.45) is 2.60. The van der Waals surface area contributed by atoms with Gasteiger partial charge in [-0.15, -0.1) is 11.3 Å². The zero-order valence-electron chi connectivity index (χ0n) is 20.3. The molecular weight excluding hydrogens is 554 g/mol. The molecule has 0 aliphatic rings. The average molecular weight is 577 g/mol. The van der Waals surface area contributed by atoms with E-state index in [-0.39, 0.29) is 27.9 Å². The summed E-state index contributed by atoms with van der Waals surface area (Å²) in [5.74, 6) is -1.06. The average Bonchev–Trinajstić information content (AvgIpc) is 3.32. The molecule has 2 aromatic carbocycles. The molecule has 0 amide bonds. The zero-order valence-corrected chi connectivity index (χ0v) is 22.7. The fraction of sp³-hybridized carbons (Fsp3) is 0.185. The number of hydrogen-bond donors (Lipinski definition) is 2. The van der Waals surface area contributed by atoms with E-state index in [1.807, 2.05) is 6.07 Å². The smallest absolute Gasteiger partial charge is 0.346 e. The highest BCUT2D eigenvalue weighted by molar-refractivity contribution is 7.14. The maximum atomic E-state index is 14.1. The zero-order chi connectivity index (χ0) is 27.4. The van der Waals surface area contributed by atoms with Gasteiger partial charge in [0, 0.05) is 22.9 Å². The van der Waals surface area contributed by atoms with Gasteiger partial charge >= 0.3 is 5.97 Å². The molecule has 2 N–H and O–H groups in total. The topological polar surface area (TPSA) is 94.7 Å². The summed E-state index contributed by atoms with van der Waals surface area (Å²) in [5, 5.41) is 25.2. The number of carboxylic acids is 1. The Kier molecular flexibility index (Phi) is 8.61. The minimum Gasteiger partial charge on any atom is -0.619 e. The largest absolute Gasteiger partial charge is 0.619 e. The highest BCUT2D eigenvalue weighted by Crippen LogP contribution is 2.41. The molecule has 2 heterocycles. The highest BCUT2D eigenvalue weighted by atomic mass is 35.5. The van der Waals surface area contributed by atoms with Crippen LogP contribution in [-0.4, -0.2) is 25.3 Å². The molecule has 1 atom stereocenters. The first-order valence-corrected chi connectivity index (χ1v) is 12.9. The first kappa shape index (κ1) is 27.5. The Morgan fingerprint density at radius 2 is 1.79 bits per heavy atom. The number of nitrogens with one attached hydrogen (secondary N) is 1. The van der Waals surface area contributed by atoms with E-state index < -0.39 is 17.7 Å². The lowest BCUT2D eigenvalue weighted by atomic mass is 9.85. The number of pyridine rings is 1. The number of aromatic nitrogens is 1. The van der Waals surface area contributed by atoms with E-state index in [0.29, 0.717) is 37.9 Å². The summed E-state index contributed by atoms with van der Waals surface area (Å²) in [7, 11) is 3.03. The number of benzene rings is 2. The third-order valence-corrected chi connectivity index (χ3v) is 7.77. The van der Waals surface area contributed by atoms with E-state index in [9.17, 15) is 19.5 Å². The standard InChI is InChI=1S/C27H23Cl2FN2O5S/c1-36-24-8-7-15(9-25(24)37-2)17(11-19-20(28)13-32(35)14-21(19)29)18-10-16(38-26(18)27(33)34)12-31-23-6-4-3-5-22(23)30/h3-10,13-14,17,31H,11-12H2,1-2H3,(H,33,34)/t17-/m0/s1. The maximum absolute atomic E-state index is 14.1. The first-order chi connectivity index (χ1) is 18.2. The number of hydrogen-bond acceptors (Lipinski definition) is 6. The maximum Gasteiger partial charge on any atom is 0.346 e. The third kappa shape index (κ3) is 5.96. The fourth-order valence-electron chi connectivity index (χ4n) is 4.17. The molecule has 0 saturated heterocycles. The number of anilines is 1. The Bertz CT molecular complexity index is 1460. The molecule has 0 unspecified atom stereocenters. The molecule has 0 spiro atoms. The molecule has 7 nitrogen and oxygen atoms in total. The number of para-hydroxylation sites is 1. The van der Waals surface area contributed by atoms with Crippen LogP contribution in [0.5, 0.6) is 11.5 Å². The van der Waals surface area contributed by atoms with Gasteiger partial charge in [0.1, 0.15) is 20.7 Å². The molecule has 0 saturated carbocycles. The van der Waals surface area contributed by atoms with Crippen LogP contribution in [0.2, 0.25) is 10.0 Å². The molecule has 0 bridgehead atoms. The monoisotopic (exact) mass is 576 g/mol. The van der Waals surface area contributed by atoms with Crippen LogP contribution in [0.25, 0.3) is 0 Å². The van der Waals surface area contributed by atoms with Crippen LogP contribution in [0, 0.1) is 11.0 Å². The van der Waals surface area contributed by atoms with E-state index in [2.05, 4.69) is 5.32 Å². The van der Waals surface area contributed by atoms with Gasteiger partial charge in [-0.25, -0.2) is 9.18 Å². The normalized spacial score (nSPS) is 11.7. The van der Waals surface area contributed by atoms with Crippen molar-refractivity contribution >= 4 is 46.2 Å². The summed E-state index contributed by atoms with van der Waals surface area (Å²) in [5.41, 5.74) is 2.05. The minimum absolute atomic E-state index is 0.122. The SMILES string of the molecule is COc1ccc([C@H](Cc2c(Cl)c[n+]([O-])cc2Cl)c2cc(CNc3ccccc3F)sc2C(=O)O)cc1OC. The number of thiophene rings is 1. The third-order valence-electron chi connectivity index (χ3n) is 5.98. The lowest BCUT2D eigenvalue weighted by molar-refractivity contribution is -0.605. The molecule has 198 valence electrons. The summed E-state index contributed by atoms with van der Waals surface area (Å²) < 4.78 is 25.5. The quantitative estimate of drug-likeness (QED) is 0.165. The molecule has 4 aromatic rings. The van der Waals surface area contributed by atoms with Crippen molar-refractivity contribution in [3.05, 3.63) is 108 Å². The van der Waals surface area contributed by atoms with Gasteiger partial charge in [0.2, 0.25) is 0 Å². The Morgan fingerprint density at radius 1 is 1.11 bits per heavy atom. The van der Waals surface area contributed by atoms with Gasteiger partial charge in [-0.1, -0.05) is 41.4 Å². The van der Waals surface area contributed by atoms with Crippen LogP contribution in [-0.2, 0) is 13.0 Å². The Morgan fingerprint density at radius 3 is 2.42 bits per heavy atom. The van der Waals surface area contributed by atoms with Crippen LogP contribution in [0.15, 0.2) is 60.9 Å². The lowest BCUT2D eigenvalue weighted by Crippen LogP contribution is -2.25. The molecule has 2 aromatic heterocycles. The van der Waals surface area contributed by atoms with Crippen molar-refractivity contribution in [3.63, 3.8) is 0 Å². The second-order valence-corrected chi connectivity index (χ2v) is 10.3. The van der Waals surface area contributed by atoms with E-state index in [1.54, 1.807) is 36.4 Å². The summed E-state index contributed by atoms with van der Waals surface area (Å²) in [6, 6.07) is 13.3. The first-order valence-electron chi connectivity index (χ1n) is 11.3. The van der Waals surface area contributed by atoms with Crippen LogP contribution < -0.4 is 19.5 Å². The molecule has 11 heteroatoms. The number of rotatable bonds is 10. The molecule has 0 aliphatic heterocycles. The van der Waals surface area contributed by atoms with E-state index >= 15 is 0 Å². The number of methoxy groups -OCH3 is 2. The number of aromatic carboxylic acids is 1. The van der Waals surface area contributed by atoms with E-state index in [0.717, 1.165) is 16.9 Å². The Hall–Kier alpha value is -3.53. The van der Waals surface area contributed by atoms with Crippen molar-refractivity contribution in [2.24, 2.45) is 0 Å². The summed E-state index contributed by atoms with van der Waals surface area (Å²) in [6.45, 7) is 0.216. The highest BCUT2D eigenvalue weighted by Gasteiger charge is 2.28. The number of halogens is 3. The summed E-state index contributed by atoms with van der Waals surface area (Å²) >= 11 is 13.9. The van der Waals surface area contributed by atoms with Crippen LogP contribution in [0.1, 0.15) is 37.2 Å². The number of ether oxygens (including phenoxy) is 2. The van der Waals surface area contributed by atoms with Crippen LogP contribution in [0.3, 0.4) is 0 Å². The predicted octanol–water partition coefficient (Wildman–Crippen LogP) is 6.53. The number of carboxylic acid groups (broad SMARTS) is 1. The second kappa shape index (κ2) is 11.9. The second-order valence-electron chi connectivity index (χ2n) is 8.30. The molecule has 38 heavy (non-hydrogen) atoms.